The molecule has 5 nitrogen and oxygen atoms in total. The van der Waals surface area contributed by atoms with E-state index in [0.717, 1.165) is 18.9 Å². The number of rotatable bonds is 3. The van der Waals surface area contributed by atoms with Gasteiger partial charge in [-0.1, -0.05) is 5.16 Å². The van der Waals surface area contributed by atoms with Crippen LogP contribution in [0.1, 0.15) is 57.3 Å². The van der Waals surface area contributed by atoms with Gasteiger partial charge in [0.25, 0.3) is 0 Å². The van der Waals surface area contributed by atoms with Crippen molar-refractivity contribution in [3.8, 4) is 0 Å². The van der Waals surface area contributed by atoms with Crippen molar-refractivity contribution in [2.24, 2.45) is 5.73 Å². The largest absolute Gasteiger partial charge is 0.339 e. The molecule has 2 heterocycles. The smallest absolute Gasteiger partial charge is 0.231 e. The lowest BCUT2D eigenvalue weighted by Crippen LogP contribution is -2.39. The van der Waals surface area contributed by atoms with Crippen molar-refractivity contribution in [1.82, 2.24) is 15.0 Å². The number of piperidine rings is 1. The van der Waals surface area contributed by atoms with Gasteiger partial charge >= 0.3 is 0 Å². The molecule has 1 aliphatic heterocycles. The van der Waals surface area contributed by atoms with E-state index in [4.69, 9.17) is 10.3 Å². The van der Waals surface area contributed by atoms with Crippen LogP contribution in [-0.2, 0) is 0 Å². The van der Waals surface area contributed by atoms with Crippen LogP contribution in [0.2, 0.25) is 0 Å². The number of likely N-dealkylation sites (tertiary alicyclic amines) is 1. The second kappa shape index (κ2) is 5.14. The molecular formula is C12H22N4O. The topological polar surface area (TPSA) is 68.2 Å². The highest BCUT2D eigenvalue weighted by Gasteiger charge is 2.27. The molecule has 5 heteroatoms. The molecule has 2 rings (SSSR count). The predicted octanol–water partition coefficient (Wildman–Crippen LogP) is 1.68. The molecule has 0 bridgehead atoms. The normalized spacial score (nSPS) is 24.2. The van der Waals surface area contributed by atoms with Crippen molar-refractivity contribution >= 4 is 0 Å². The first kappa shape index (κ1) is 12.5. The first-order chi connectivity index (χ1) is 8.08. The molecule has 0 amide bonds. The Morgan fingerprint density at radius 1 is 1.41 bits per heavy atom. The maximum atomic E-state index is 5.74. The van der Waals surface area contributed by atoms with Gasteiger partial charge in [-0.25, -0.2) is 0 Å². The lowest BCUT2D eigenvalue weighted by Gasteiger charge is -2.33. The number of hydrogen-bond donors (Lipinski definition) is 1. The van der Waals surface area contributed by atoms with Crippen LogP contribution in [0.4, 0.5) is 0 Å². The van der Waals surface area contributed by atoms with E-state index >= 15 is 0 Å². The zero-order valence-electron chi connectivity index (χ0n) is 10.9. The van der Waals surface area contributed by atoms with Gasteiger partial charge in [-0.15, -0.1) is 0 Å². The molecule has 2 unspecified atom stereocenters. The summed E-state index contributed by atoms with van der Waals surface area (Å²) in [5.74, 6) is 1.73. The SMILES string of the molecule is CC(N)c1noc(C2CCCN(C(C)C)C2)n1. The third-order valence-corrected chi connectivity index (χ3v) is 3.40. The maximum Gasteiger partial charge on any atom is 0.231 e. The van der Waals surface area contributed by atoms with Crippen LogP contribution in [0.25, 0.3) is 0 Å². The van der Waals surface area contributed by atoms with Crippen LogP contribution < -0.4 is 5.73 Å². The molecule has 0 radical (unpaired) electrons. The van der Waals surface area contributed by atoms with Gasteiger partial charge in [-0.3, -0.25) is 0 Å². The fourth-order valence-electron chi connectivity index (χ4n) is 2.28. The molecule has 1 saturated heterocycles. The van der Waals surface area contributed by atoms with Crippen molar-refractivity contribution in [2.75, 3.05) is 13.1 Å². The van der Waals surface area contributed by atoms with E-state index in [2.05, 4.69) is 28.9 Å². The number of nitrogens with zero attached hydrogens (tertiary/aromatic N) is 3. The Morgan fingerprint density at radius 2 is 2.18 bits per heavy atom. The van der Waals surface area contributed by atoms with Crippen LogP contribution in [-0.4, -0.2) is 34.2 Å². The zero-order valence-corrected chi connectivity index (χ0v) is 10.9. The second-order valence-corrected chi connectivity index (χ2v) is 5.21. The Bertz CT molecular complexity index is 361. The maximum absolute atomic E-state index is 5.74. The van der Waals surface area contributed by atoms with E-state index in [0.29, 0.717) is 17.8 Å². The molecule has 2 atom stereocenters. The average Bonchev–Trinajstić information content (AvgIpc) is 2.78. The van der Waals surface area contributed by atoms with E-state index in [1.807, 2.05) is 6.92 Å². The van der Waals surface area contributed by atoms with Crippen LogP contribution in [0.3, 0.4) is 0 Å². The molecule has 96 valence electrons. The summed E-state index contributed by atoms with van der Waals surface area (Å²) in [6, 6.07) is 0.422. The minimum absolute atomic E-state index is 0.155. The quantitative estimate of drug-likeness (QED) is 0.867. The van der Waals surface area contributed by atoms with Gasteiger partial charge in [0.2, 0.25) is 5.89 Å². The summed E-state index contributed by atoms with van der Waals surface area (Å²) in [6.07, 6.45) is 2.32. The van der Waals surface area contributed by atoms with E-state index in [-0.39, 0.29) is 6.04 Å². The fourth-order valence-corrected chi connectivity index (χ4v) is 2.28. The highest BCUT2D eigenvalue weighted by Crippen LogP contribution is 2.27. The lowest BCUT2D eigenvalue weighted by molar-refractivity contribution is 0.153. The molecule has 1 fully saturated rings. The Hall–Kier alpha value is -0.940. The minimum Gasteiger partial charge on any atom is -0.339 e. The monoisotopic (exact) mass is 238 g/mol. The Labute approximate surface area is 102 Å². The Balaban J connectivity index is 2.05. The van der Waals surface area contributed by atoms with Crippen LogP contribution in [0.15, 0.2) is 4.52 Å². The van der Waals surface area contributed by atoms with Gasteiger partial charge in [0.15, 0.2) is 5.82 Å². The van der Waals surface area contributed by atoms with Gasteiger partial charge in [-0.05, 0) is 40.2 Å². The zero-order chi connectivity index (χ0) is 12.4. The van der Waals surface area contributed by atoms with Crippen LogP contribution in [0.5, 0.6) is 0 Å². The molecule has 0 spiro atoms. The van der Waals surface area contributed by atoms with Gasteiger partial charge in [-0.2, -0.15) is 4.98 Å². The van der Waals surface area contributed by atoms with Crippen LogP contribution >= 0.6 is 0 Å². The molecule has 1 aromatic rings. The average molecular weight is 238 g/mol. The molecular weight excluding hydrogens is 216 g/mol. The van der Waals surface area contributed by atoms with E-state index < -0.39 is 0 Å². The molecule has 17 heavy (non-hydrogen) atoms. The number of aromatic nitrogens is 2. The fraction of sp³-hybridized carbons (Fsp3) is 0.833. The molecule has 1 aliphatic rings. The summed E-state index contributed by atoms with van der Waals surface area (Å²) >= 11 is 0. The highest BCUT2D eigenvalue weighted by molar-refractivity contribution is 4.99. The summed E-state index contributed by atoms with van der Waals surface area (Å²) in [6.45, 7) is 8.50. The minimum atomic E-state index is -0.155. The standard InChI is InChI=1S/C12H22N4O/c1-8(2)16-6-4-5-10(7-16)12-14-11(9(3)13)15-17-12/h8-10H,4-7,13H2,1-3H3. The lowest BCUT2D eigenvalue weighted by atomic mass is 9.97. The third-order valence-electron chi connectivity index (χ3n) is 3.40. The van der Waals surface area contributed by atoms with Gasteiger partial charge < -0.3 is 15.2 Å². The van der Waals surface area contributed by atoms with Gasteiger partial charge in [0.05, 0.1) is 12.0 Å². The summed E-state index contributed by atoms with van der Waals surface area (Å²) in [5.41, 5.74) is 5.74. The van der Waals surface area contributed by atoms with E-state index in [9.17, 15) is 0 Å². The van der Waals surface area contributed by atoms with E-state index in [1.54, 1.807) is 0 Å². The molecule has 2 N–H and O–H groups in total. The van der Waals surface area contributed by atoms with Crippen molar-refractivity contribution in [1.29, 1.82) is 0 Å². The molecule has 1 aromatic heterocycles. The van der Waals surface area contributed by atoms with Crippen molar-refractivity contribution in [2.45, 2.75) is 51.6 Å². The summed E-state index contributed by atoms with van der Waals surface area (Å²) < 4.78 is 5.33. The van der Waals surface area contributed by atoms with Crippen molar-refractivity contribution in [3.05, 3.63) is 11.7 Å². The molecule has 0 aromatic carbocycles. The Kier molecular flexibility index (Phi) is 3.79. The van der Waals surface area contributed by atoms with Crippen molar-refractivity contribution in [3.63, 3.8) is 0 Å². The highest BCUT2D eigenvalue weighted by atomic mass is 16.5. The first-order valence-corrected chi connectivity index (χ1v) is 6.41. The Morgan fingerprint density at radius 3 is 2.76 bits per heavy atom. The predicted molar refractivity (Wildman–Crippen MR) is 65.6 cm³/mol. The summed E-state index contributed by atoms with van der Waals surface area (Å²) in [7, 11) is 0. The molecule has 0 saturated carbocycles. The van der Waals surface area contributed by atoms with Crippen molar-refractivity contribution < 1.29 is 4.52 Å². The summed E-state index contributed by atoms with van der Waals surface area (Å²) in [5, 5.41) is 3.93. The number of hydrogen-bond acceptors (Lipinski definition) is 5. The van der Waals surface area contributed by atoms with Gasteiger partial charge in [0.1, 0.15) is 0 Å². The second-order valence-electron chi connectivity index (χ2n) is 5.21. The molecule has 0 aliphatic carbocycles. The van der Waals surface area contributed by atoms with E-state index in [1.165, 1.54) is 13.0 Å². The summed E-state index contributed by atoms with van der Waals surface area (Å²) in [4.78, 5) is 6.86. The number of nitrogens with two attached hydrogens (primary N) is 1. The first-order valence-electron chi connectivity index (χ1n) is 6.41. The van der Waals surface area contributed by atoms with Gasteiger partial charge in [0, 0.05) is 12.6 Å². The third kappa shape index (κ3) is 2.84. The van der Waals surface area contributed by atoms with Crippen LogP contribution in [0, 0.1) is 0 Å².